The van der Waals surface area contributed by atoms with Gasteiger partial charge in [-0.2, -0.15) is 0 Å². The monoisotopic (exact) mass is 264 g/mol. The second-order valence-electron chi connectivity index (χ2n) is 5.08. The van der Waals surface area contributed by atoms with Crippen LogP contribution in [0, 0.1) is 12.8 Å². The lowest BCUT2D eigenvalue weighted by Gasteiger charge is -2.22. The third-order valence-electron chi connectivity index (χ3n) is 3.78. The van der Waals surface area contributed by atoms with E-state index in [0.717, 1.165) is 23.7 Å². The molecule has 0 amide bonds. The Kier molecular flexibility index (Phi) is 4.04. The molecule has 2 unspecified atom stereocenters. The lowest BCUT2D eigenvalue weighted by molar-refractivity contribution is -0.142. The fraction of sp³-hybridized carbons (Fsp3) is 0.571. The number of likely N-dealkylation sites (tertiary alicyclic amines) is 1. The van der Waals surface area contributed by atoms with E-state index in [-0.39, 0.29) is 12.0 Å². The molecule has 2 heterocycles. The molecule has 1 aliphatic heterocycles. The van der Waals surface area contributed by atoms with E-state index in [1.54, 1.807) is 7.11 Å². The van der Waals surface area contributed by atoms with Crippen LogP contribution in [0.1, 0.15) is 24.7 Å². The predicted molar refractivity (Wildman–Crippen MR) is 71.1 cm³/mol. The number of rotatable bonds is 4. The van der Waals surface area contributed by atoms with Gasteiger partial charge in [0.2, 0.25) is 0 Å². The van der Waals surface area contributed by atoms with Crippen molar-refractivity contribution in [3.8, 4) is 5.75 Å². The molecule has 1 N–H and O–H groups in total. The molecule has 5 heteroatoms. The molecular formula is C14H20N2O3. The molecule has 2 atom stereocenters. The van der Waals surface area contributed by atoms with Gasteiger partial charge in [-0.15, -0.1) is 0 Å². The first kappa shape index (κ1) is 13.8. The fourth-order valence-electron chi connectivity index (χ4n) is 2.67. The molecule has 0 saturated carbocycles. The van der Waals surface area contributed by atoms with E-state index in [2.05, 4.69) is 9.88 Å². The molecule has 104 valence electrons. The summed E-state index contributed by atoms with van der Waals surface area (Å²) in [5.74, 6) is -0.180. The van der Waals surface area contributed by atoms with Crippen molar-refractivity contribution in [2.24, 2.45) is 5.92 Å². The van der Waals surface area contributed by atoms with Gasteiger partial charge in [-0.1, -0.05) is 0 Å². The first-order chi connectivity index (χ1) is 9.01. The molecule has 5 nitrogen and oxygen atoms in total. The summed E-state index contributed by atoms with van der Waals surface area (Å²) in [5, 5.41) is 9.13. The Hall–Kier alpha value is -1.62. The Morgan fingerprint density at radius 1 is 1.58 bits per heavy atom. The number of pyridine rings is 1. The van der Waals surface area contributed by atoms with Crippen molar-refractivity contribution in [3.05, 3.63) is 23.5 Å². The number of carboxylic acid groups (broad SMARTS) is 1. The van der Waals surface area contributed by atoms with Gasteiger partial charge in [0, 0.05) is 30.4 Å². The predicted octanol–water partition coefficient (Wildman–Crippen LogP) is 1.69. The van der Waals surface area contributed by atoms with E-state index in [9.17, 15) is 4.79 Å². The number of nitrogens with zero attached hydrogens (tertiary/aromatic N) is 2. The van der Waals surface area contributed by atoms with Crippen LogP contribution < -0.4 is 4.74 Å². The summed E-state index contributed by atoms with van der Waals surface area (Å²) in [6, 6.07) is 3.84. The Morgan fingerprint density at radius 3 is 2.89 bits per heavy atom. The number of aromatic nitrogens is 1. The van der Waals surface area contributed by atoms with Crippen molar-refractivity contribution in [3.63, 3.8) is 0 Å². The van der Waals surface area contributed by atoms with Crippen LogP contribution in [0.25, 0.3) is 0 Å². The molecule has 0 spiro atoms. The summed E-state index contributed by atoms with van der Waals surface area (Å²) < 4.78 is 5.23. The lowest BCUT2D eigenvalue weighted by atomic mass is 10.0. The second kappa shape index (κ2) is 5.57. The third-order valence-corrected chi connectivity index (χ3v) is 3.78. The molecule has 0 aliphatic carbocycles. The summed E-state index contributed by atoms with van der Waals surface area (Å²) in [5.41, 5.74) is 1.84. The maximum absolute atomic E-state index is 11.1. The smallest absolute Gasteiger partial charge is 0.308 e. The van der Waals surface area contributed by atoms with Crippen molar-refractivity contribution in [2.45, 2.75) is 32.9 Å². The van der Waals surface area contributed by atoms with Gasteiger partial charge >= 0.3 is 5.97 Å². The van der Waals surface area contributed by atoms with Gasteiger partial charge in [-0.25, -0.2) is 0 Å². The molecule has 1 fully saturated rings. The van der Waals surface area contributed by atoms with Gasteiger partial charge in [0.05, 0.1) is 18.7 Å². The highest BCUT2D eigenvalue weighted by molar-refractivity contribution is 5.71. The second-order valence-corrected chi connectivity index (χ2v) is 5.08. The van der Waals surface area contributed by atoms with Crippen LogP contribution in [0.3, 0.4) is 0 Å². The molecule has 1 aromatic rings. The van der Waals surface area contributed by atoms with Crippen LogP contribution in [0.15, 0.2) is 12.1 Å². The average Bonchev–Trinajstić information content (AvgIpc) is 2.70. The van der Waals surface area contributed by atoms with E-state index in [1.807, 2.05) is 26.0 Å². The number of carbonyl (C=O) groups is 1. The summed E-state index contributed by atoms with van der Waals surface area (Å²) in [7, 11) is 1.64. The Morgan fingerprint density at radius 2 is 2.32 bits per heavy atom. The standard InChI is InChI=1S/C14H20N2O3/c1-9-6-12(19-3)7-11(15-9)8-16-5-4-13(10(16)2)14(17)18/h6-7,10,13H,4-5,8H2,1-3H3,(H,17,18). The number of ether oxygens (including phenoxy) is 1. The van der Waals surface area contributed by atoms with Crippen molar-refractivity contribution < 1.29 is 14.6 Å². The summed E-state index contributed by atoms with van der Waals surface area (Å²) in [6.45, 7) is 5.37. The average molecular weight is 264 g/mol. The van der Waals surface area contributed by atoms with Gasteiger partial charge in [0.25, 0.3) is 0 Å². The topological polar surface area (TPSA) is 62.7 Å². The highest BCUT2D eigenvalue weighted by Crippen LogP contribution is 2.26. The Balaban J connectivity index is 2.10. The van der Waals surface area contributed by atoms with Crippen LogP contribution in [0.5, 0.6) is 5.75 Å². The normalized spacial score (nSPS) is 23.5. The van der Waals surface area contributed by atoms with E-state index in [1.165, 1.54) is 0 Å². The van der Waals surface area contributed by atoms with Gasteiger partial charge in [0.15, 0.2) is 0 Å². The first-order valence-corrected chi connectivity index (χ1v) is 6.49. The van der Waals surface area contributed by atoms with Crippen molar-refractivity contribution in [2.75, 3.05) is 13.7 Å². The van der Waals surface area contributed by atoms with Crippen molar-refractivity contribution in [1.29, 1.82) is 0 Å². The molecule has 1 saturated heterocycles. The van der Waals surface area contributed by atoms with Crippen molar-refractivity contribution >= 4 is 5.97 Å². The van der Waals surface area contributed by atoms with Gasteiger partial charge in [-0.3, -0.25) is 14.7 Å². The van der Waals surface area contributed by atoms with E-state index in [0.29, 0.717) is 13.0 Å². The van der Waals surface area contributed by atoms with Gasteiger partial charge in [0.1, 0.15) is 5.75 Å². The fourth-order valence-corrected chi connectivity index (χ4v) is 2.67. The van der Waals surface area contributed by atoms with Gasteiger partial charge < -0.3 is 9.84 Å². The number of aliphatic carboxylic acids is 1. The number of hydrogen-bond donors (Lipinski definition) is 1. The van der Waals surface area contributed by atoms with Crippen LogP contribution in [0.4, 0.5) is 0 Å². The highest BCUT2D eigenvalue weighted by Gasteiger charge is 2.35. The SMILES string of the molecule is COc1cc(C)nc(CN2CCC(C(=O)O)C2C)c1. The molecule has 19 heavy (non-hydrogen) atoms. The molecule has 0 bridgehead atoms. The number of hydrogen-bond acceptors (Lipinski definition) is 4. The first-order valence-electron chi connectivity index (χ1n) is 6.49. The molecule has 1 aromatic heterocycles. The summed E-state index contributed by atoms with van der Waals surface area (Å²) >= 11 is 0. The lowest BCUT2D eigenvalue weighted by Crippen LogP contribution is -2.32. The highest BCUT2D eigenvalue weighted by atomic mass is 16.5. The largest absolute Gasteiger partial charge is 0.497 e. The summed E-state index contributed by atoms with van der Waals surface area (Å²) in [4.78, 5) is 17.7. The minimum atomic E-state index is -0.704. The minimum absolute atomic E-state index is 0.0470. The Labute approximate surface area is 113 Å². The molecular weight excluding hydrogens is 244 g/mol. The minimum Gasteiger partial charge on any atom is -0.497 e. The van der Waals surface area contributed by atoms with E-state index in [4.69, 9.17) is 9.84 Å². The zero-order valence-corrected chi connectivity index (χ0v) is 11.6. The quantitative estimate of drug-likeness (QED) is 0.896. The number of carboxylic acids is 1. The number of aryl methyl sites for hydroxylation is 1. The van der Waals surface area contributed by atoms with Crippen LogP contribution in [-0.2, 0) is 11.3 Å². The van der Waals surface area contributed by atoms with Crippen LogP contribution >= 0.6 is 0 Å². The maximum Gasteiger partial charge on any atom is 0.308 e. The zero-order valence-electron chi connectivity index (χ0n) is 11.6. The van der Waals surface area contributed by atoms with E-state index < -0.39 is 5.97 Å². The molecule has 0 aromatic carbocycles. The molecule has 0 radical (unpaired) electrons. The van der Waals surface area contributed by atoms with E-state index >= 15 is 0 Å². The van der Waals surface area contributed by atoms with Crippen LogP contribution in [0.2, 0.25) is 0 Å². The summed E-state index contributed by atoms with van der Waals surface area (Å²) in [6.07, 6.45) is 0.708. The van der Waals surface area contributed by atoms with Gasteiger partial charge in [-0.05, 0) is 26.8 Å². The zero-order chi connectivity index (χ0) is 14.0. The maximum atomic E-state index is 11.1. The van der Waals surface area contributed by atoms with Crippen molar-refractivity contribution in [1.82, 2.24) is 9.88 Å². The Bertz CT molecular complexity index is 476. The van der Waals surface area contributed by atoms with Crippen LogP contribution in [-0.4, -0.2) is 40.7 Å². The molecule has 2 rings (SSSR count). The third kappa shape index (κ3) is 3.04. The number of methoxy groups -OCH3 is 1. The molecule has 1 aliphatic rings.